The lowest BCUT2D eigenvalue weighted by Gasteiger charge is -2.18. The minimum absolute atomic E-state index is 0.0657. The predicted molar refractivity (Wildman–Crippen MR) is 247 cm³/mol. The van der Waals surface area contributed by atoms with Gasteiger partial charge >= 0.3 is 17.9 Å². The molecule has 0 fully saturated rings. The quantitative estimate of drug-likeness (QED) is 0.0346. The first-order valence-electron chi connectivity index (χ1n) is 25.6. The first-order chi connectivity index (χ1) is 28.1. The van der Waals surface area contributed by atoms with Crippen LogP contribution in [0.5, 0.6) is 0 Å². The van der Waals surface area contributed by atoms with Gasteiger partial charge in [0.05, 0.1) is 0 Å². The number of rotatable bonds is 45. The van der Waals surface area contributed by atoms with Crippen LogP contribution in [0.15, 0.2) is 0 Å². The van der Waals surface area contributed by atoms with Crippen LogP contribution in [-0.4, -0.2) is 37.2 Å². The highest BCUT2D eigenvalue weighted by molar-refractivity contribution is 5.71. The van der Waals surface area contributed by atoms with Gasteiger partial charge in [0.2, 0.25) is 0 Å². The molecular weight excluding hydrogens is 721 g/mol. The van der Waals surface area contributed by atoms with Gasteiger partial charge in [0.25, 0.3) is 0 Å². The van der Waals surface area contributed by atoms with Gasteiger partial charge in [0.15, 0.2) is 6.10 Å². The van der Waals surface area contributed by atoms with Crippen LogP contribution in [0.1, 0.15) is 279 Å². The maximum absolute atomic E-state index is 12.7. The van der Waals surface area contributed by atoms with Crippen LogP contribution >= 0.6 is 0 Å². The van der Waals surface area contributed by atoms with Crippen LogP contribution in [0.4, 0.5) is 0 Å². The van der Waals surface area contributed by atoms with E-state index in [1.54, 1.807) is 0 Å². The fraction of sp³-hybridized carbons (Fsp3) is 0.942. The van der Waals surface area contributed by atoms with E-state index in [1.165, 1.54) is 161 Å². The van der Waals surface area contributed by atoms with Gasteiger partial charge in [-0.3, -0.25) is 14.4 Å². The Kier molecular flexibility index (Phi) is 42.3. The number of carbonyl (C=O) groups is 3. The van der Waals surface area contributed by atoms with E-state index in [1.807, 2.05) is 0 Å². The van der Waals surface area contributed by atoms with Gasteiger partial charge in [0.1, 0.15) is 13.2 Å². The Hall–Kier alpha value is -1.59. The van der Waals surface area contributed by atoms with Crippen LogP contribution in [0.2, 0.25) is 0 Å². The van der Waals surface area contributed by atoms with E-state index in [2.05, 4.69) is 41.5 Å². The molecular formula is C52H100O6. The molecule has 0 amide bonds. The van der Waals surface area contributed by atoms with Crippen LogP contribution in [0.3, 0.4) is 0 Å². The molecule has 0 unspecified atom stereocenters. The van der Waals surface area contributed by atoms with Gasteiger partial charge < -0.3 is 14.2 Å². The second-order valence-corrected chi connectivity index (χ2v) is 19.2. The molecule has 0 rings (SSSR count). The summed E-state index contributed by atoms with van der Waals surface area (Å²) >= 11 is 0. The van der Waals surface area contributed by atoms with Crippen molar-refractivity contribution in [3.8, 4) is 0 Å². The van der Waals surface area contributed by atoms with Gasteiger partial charge in [-0.1, -0.05) is 241 Å². The number of unbranched alkanes of at least 4 members (excludes halogenated alkanes) is 28. The summed E-state index contributed by atoms with van der Waals surface area (Å²) in [4.78, 5) is 37.8. The molecule has 58 heavy (non-hydrogen) atoms. The number of esters is 3. The van der Waals surface area contributed by atoms with Gasteiger partial charge in [-0.15, -0.1) is 0 Å². The third-order valence-corrected chi connectivity index (χ3v) is 11.6. The Morgan fingerprint density at radius 2 is 0.500 bits per heavy atom. The molecule has 0 bridgehead atoms. The SMILES string of the molecule is CC(C)CCCCCCCCCCCCCCCCCC(=O)OC[C@@H](COC(=O)CCCCCCCCCCCCC(C)C)OC(=O)CCCCCCCCC(C)C. The zero-order valence-electron chi connectivity index (χ0n) is 39.8. The number of carbonyl (C=O) groups excluding carboxylic acids is 3. The predicted octanol–water partition coefficient (Wildman–Crippen LogP) is 16.4. The fourth-order valence-electron chi connectivity index (χ4n) is 7.76. The highest BCUT2D eigenvalue weighted by Crippen LogP contribution is 2.17. The molecule has 6 heteroatoms. The van der Waals surface area contributed by atoms with Gasteiger partial charge in [0, 0.05) is 19.3 Å². The largest absolute Gasteiger partial charge is 0.462 e. The number of hydrogen-bond donors (Lipinski definition) is 0. The lowest BCUT2D eigenvalue weighted by atomic mass is 10.0. The Labute approximate surface area is 361 Å². The molecule has 1 atom stereocenters. The van der Waals surface area contributed by atoms with Crippen molar-refractivity contribution >= 4 is 17.9 Å². The normalized spacial score (nSPS) is 12.2. The summed E-state index contributed by atoms with van der Waals surface area (Å²) in [6.07, 6.45) is 42.5. The highest BCUT2D eigenvalue weighted by atomic mass is 16.6. The maximum atomic E-state index is 12.7. The van der Waals surface area contributed by atoms with Crippen molar-refractivity contribution in [3.63, 3.8) is 0 Å². The van der Waals surface area contributed by atoms with Gasteiger partial charge in [-0.05, 0) is 37.0 Å². The first-order valence-corrected chi connectivity index (χ1v) is 25.6. The van der Waals surface area contributed by atoms with Crippen LogP contribution in [0.25, 0.3) is 0 Å². The fourth-order valence-corrected chi connectivity index (χ4v) is 7.76. The molecule has 0 aromatic carbocycles. The van der Waals surface area contributed by atoms with E-state index >= 15 is 0 Å². The molecule has 0 spiro atoms. The van der Waals surface area contributed by atoms with E-state index in [4.69, 9.17) is 14.2 Å². The van der Waals surface area contributed by atoms with Crippen molar-refractivity contribution in [3.05, 3.63) is 0 Å². The molecule has 0 aromatic heterocycles. The Bertz CT molecular complexity index is 898. The molecule has 0 heterocycles. The van der Waals surface area contributed by atoms with Gasteiger partial charge in [-0.2, -0.15) is 0 Å². The molecule has 0 saturated heterocycles. The summed E-state index contributed by atoms with van der Waals surface area (Å²) in [6.45, 7) is 13.6. The van der Waals surface area contributed by atoms with Crippen molar-refractivity contribution in [1.82, 2.24) is 0 Å². The van der Waals surface area contributed by atoms with E-state index in [9.17, 15) is 14.4 Å². The standard InChI is InChI=1S/C52H100O6/c1-46(2)38-32-26-20-16-12-10-8-7-9-11-13-18-22-29-35-41-50(53)56-44-49(58-52(55)43-37-31-25-24-28-34-40-48(5)6)45-57-51(54)42-36-30-23-19-15-14-17-21-27-33-39-47(3)4/h46-49H,7-45H2,1-6H3/t49-/m0/s1. The maximum Gasteiger partial charge on any atom is 0.306 e. The second kappa shape index (κ2) is 43.5. The molecule has 0 aliphatic rings. The minimum Gasteiger partial charge on any atom is -0.462 e. The van der Waals surface area contributed by atoms with Crippen molar-refractivity contribution in [2.24, 2.45) is 17.8 Å². The third-order valence-electron chi connectivity index (χ3n) is 11.6. The van der Waals surface area contributed by atoms with Crippen LogP contribution in [0, 0.1) is 17.8 Å². The first kappa shape index (κ1) is 56.4. The highest BCUT2D eigenvalue weighted by Gasteiger charge is 2.19. The van der Waals surface area contributed by atoms with E-state index < -0.39 is 6.10 Å². The zero-order chi connectivity index (χ0) is 42.7. The minimum atomic E-state index is -0.763. The zero-order valence-corrected chi connectivity index (χ0v) is 39.8. The average molecular weight is 821 g/mol. The van der Waals surface area contributed by atoms with Crippen molar-refractivity contribution in [1.29, 1.82) is 0 Å². The molecule has 0 N–H and O–H groups in total. The van der Waals surface area contributed by atoms with Crippen molar-refractivity contribution in [2.45, 2.75) is 285 Å². The summed E-state index contributed by atoms with van der Waals surface area (Å²) in [5.41, 5.74) is 0. The summed E-state index contributed by atoms with van der Waals surface area (Å²) in [5.74, 6) is 1.57. The summed E-state index contributed by atoms with van der Waals surface area (Å²) in [5, 5.41) is 0. The summed E-state index contributed by atoms with van der Waals surface area (Å²) in [6, 6.07) is 0. The lowest BCUT2D eigenvalue weighted by Crippen LogP contribution is -2.30. The summed E-state index contributed by atoms with van der Waals surface area (Å²) < 4.78 is 16.8. The van der Waals surface area contributed by atoms with Crippen LogP contribution < -0.4 is 0 Å². The van der Waals surface area contributed by atoms with Crippen molar-refractivity contribution < 1.29 is 28.6 Å². The monoisotopic (exact) mass is 821 g/mol. The molecule has 0 saturated carbocycles. The summed E-state index contributed by atoms with van der Waals surface area (Å²) in [7, 11) is 0. The Morgan fingerprint density at radius 3 is 0.741 bits per heavy atom. The molecule has 344 valence electrons. The lowest BCUT2D eigenvalue weighted by molar-refractivity contribution is -0.167. The molecule has 6 nitrogen and oxygen atoms in total. The molecule has 0 radical (unpaired) electrons. The van der Waals surface area contributed by atoms with E-state index in [0.717, 1.165) is 75.5 Å². The van der Waals surface area contributed by atoms with Gasteiger partial charge in [-0.25, -0.2) is 0 Å². The van der Waals surface area contributed by atoms with E-state index in [0.29, 0.717) is 19.3 Å². The number of ether oxygens (including phenoxy) is 3. The Balaban J connectivity index is 4.23. The van der Waals surface area contributed by atoms with Crippen LogP contribution in [-0.2, 0) is 28.6 Å². The topological polar surface area (TPSA) is 78.9 Å². The second-order valence-electron chi connectivity index (χ2n) is 19.2. The van der Waals surface area contributed by atoms with E-state index in [-0.39, 0.29) is 31.1 Å². The molecule has 0 aliphatic heterocycles. The Morgan fingerprint density at radius 1 is 0.293 bits per heavy atom. The third kappa shape index (κ3) is 45.5. The smallest absolute Gasteiger partial charge is 0.306 e. The molecule has 0 aliphatic carbocycles. The average Bonchev–Trinajstić information content (AvgIpc) is 3.18. The number of hydrogen-bond acceptors (Lipinski definition) is 6. The molecule has 0 aromatic rings. The van der Waals surface area contributed by atoms with Crippen molar-refractivity contribution in [2.75, 3.05) is 13.2 Å².